The molecule has 0 radical (unpaired) electrons. The number of ether oxygens (including phenoxy) is 2. The molecule has 0 aromatic carbocycles. The van der Waals surface area contributed by atoms with Crippen LogP contribution in [0.3, 0.4) is 0 Å². The average Bonchev–Trinajstić information content (AvgIpc) is 2.59. The van der Waals surface area contributed by atoms with E-state index in [1.165, 1.54) is 19.3 Å². The topological polar surface area (TPSA) is 35.5 Å². The van der Waals surface area contributed by atoms with Gasteiger partial charge in [-0.05, 0) is 25.7 Å². The van der Waals surface area contributed by atoms with E-state index in [2.05, 4.69) is 6.58 Å². The number of hydrogen-bond acceptors (Lipinski definition) is 3. The molecule has 3 unspecified atom stereocenters. The zero-order valence-corrected chi connectivity index (χ0v) is 9.20. The molecule has 3 heteroatoms. The molecule has 0 aromatic heterocycles. The second kappa shape index (κ2) is 4.35. The molecule has 2 fully saturated rings. The van der Waals surface area contributed by atoms with Gasteiger partial charge in [-0.15, -0.1) is 0 Å². The Morgan fingerprint density at radius 3 is 2.80 bits per heavy atom. The maximum Gasteiger partial charge on any atom is 0.335 e. The second-order valence-corrected chi connectivity index (χ2v) is 4.57. The lowest BCUT2D eigenvalue weighted by Crippen LogP contribution is -2.21. The molecule has 0 bridgehead atoms. The van der Waals surface area contributed by atoms with Gasteiger partial charge >= 0.3 is 5.97 Å². The Morgan fingerprint density at radius 2 is 2.13 bits per heavy atom. The van der Waals surface area contributed by atoms with Crippen molar-refractivity contribution in [3.63, 3.8) is 0 Å². The van der Waals surface area contributed by atoms with Crippen molar-refractivity contribution in [2.45, 2.75) is 51.4 Å². The van der Waals surface area contributed by atoms with Gasteiger partial charge in [0.15, 0.2) is 0 Å². The van der Waals surface area contributed by atoms with Crippen LogP contribution in [0.15, 0.2) is 12.2 Å². The van der Waals surface area contributed by atoms with Crippen LogP contribution in [0.1, 0.15) is 39.0 Å². The van der Waals surface area contributed by atoms with Crippen molar-refractivity contribution in [3.8, 4) is 0 Å². The molecular weight excluding hydrogens is 192 g/mol. The Labute approximate surface area is 90.4 Å². The molecule has 1 aliphatic carbocycles. The minimum atomic E-state index is -0.335. The number of fused-ring (bicyclic) bond motifs is 1. The van der Waals surface area contributed by atoms with Crippen molar-refractivity contribution in [2.24, 2.45) is 5.92 Å². The summed E-state index contributed by atoms with van der Waals surface area (Å²) in [4.78, 5) is 11.3. The Balaban J connectivity index is 1.86. The highest BCUT2D eigenvalue weighted by Gasteiger charge is 2.38. The van der Waals surface area contributed by atoms with Crippen LogP contribution in [0.2, 0.25) is 0 Å². The van der Waals surface area contributed by atoms with E-state index < -0.39 is 0 Å². The first-order chi connectivity index (χ1) is 7.16. The Bertz CT molecular complexity index is 258. The van der Waals surface area contributed by atoms with E-state index in [-0.39, 0.29) is 12.3 Å². The number of hydrogen-bond donors (Lipinski definition) is 0. The Kier molecular flexibility index (Phi) is 3.10. The molecule has 1 saturated heterocycles. The summed E-state index contributed by atoms with van der Waals surface area (Å²) in [5, 5.41) is 0. The first kappa shape index (κ1) is 10.7. The monoisotopic (exact) mass is 210 g/mol. The predicted octanol–water partition coefficient (Wildman–Crippen LogP) is 2.41. The van der Waals surface area contributed by atoms with Gasteiger partial charge in [-0.3, -0.25) is 0 Å². The van der Waals surface area contributed by atoms with Crippen LogP contribution in [0.4, 0.5) is 0 Å². The number of esters is 1. The highest BCUT2D eigenvalue weighted by Crippen LogP contribution is 2.37. The van der Waals surface area contributed by atoms with Gasteiger partial charge < -0.3 is 9.47 Å². The standard InChI is InChI=1S/C12H18O3/c1-8(2)12(13)15-11-7-9-5-3-4-6-10(9)14-11/h9-11H,1,3-7H2,2H3. The van der Waals surface area contributed by atoms with Gasteiger partial charge in [-0.1, -0.05) is 19.4 Å². The first-order valence-electron chi connectivity index (χ1n) is 5.69. The van der Waals surface area contributed by atoms with Crippen molar-refractivity contribution in [3.05, 3.63) is 12.2 Å². The van der Waals surface area contributed by atoms with Crippen molar-refractivity contribution < 1.29 is 14.3 Å². The zero-order chi connectivity index (χ0) is 10.8. The molecule has 1 heterocycles. The minimum Gasteiger partial charge on any atom is -0.432 e. The molecule has 2 aliphatic rings. The highest BCUT2D eigenvalue weighted by molar-refractivity contribution is 5.87. The fourth-order valence-electron chi connectivity index (χ4n) is 2.42. The molecule has 3 atom stereocenters. The van der Waals surface area contributed by atoms with Gasteiger partial charge in [0.1, 0.15) is 0 Å². The van der Waals surface area contributed by atoms with E-state index in [9.17, 15) is 4.79 Å². The predicted molar refractivity (Wildman–Crippen MR) is 56.1 cm³/mol. The molecule has 0 amide bonds. The van der Waals surface area contributed by atoms with Crippen molar-refractivity contribution in [1.29, 1.82) is 0 Å². The van der Waals surface area contributed by atoms with Crippen LogP contribution in [-0.4, -0.2) is 18.4 Å². The van der Waals surface area contributed by atoms with Crippen LogP contribution in [0.25, 0.3) is 0 Å². The van der Waals surface area contributed by atoms with E-state index in [1.807, 2.05) is 0 Å². The average molecular weight is 210 g/mol. The van der Waals surface area contributed by atoms with E-state index in [1.54, 1.807) is 6.92 Å². The number of rotatable bonds is 2. The van der Waals surface area contributed by atoms with E-state index in [4.69, 9.17) is 9.47 Å². The summed E-state index contributed by atoms with van der Waals surface area (Å²) in [6.07, 6.45) is 5.71. The minimum absolute atomic E-state index is 0.321. The SMILES string of the molecule is C=C(C)C(=O)OC1CC2CCCCC2O1. The third kappa shape index (κ3) is 2.40. The fraction of sp³-hybridized carbons (Fsp3) is 0.750. The molecule has 15 heavy (non-hydrogen) atoms. The van der Waals surface area contributed by atoms with Gasteiger partial charge in [0, 0.05) is 12.0 Å². The summed E-state index contributed by atoms with van der Waals surface area (Å²) in [6.45, 7) is 5.21. The lowest BCUT2D eigenvalue weighted by molar-refractivity contribution is -0.171. The van der Waals surface area contributed by atoms with Gasteiger partial charge in [0.2, 0.25) is 6.29 Å². The van der Waals surface area contributed by atoms with Gasteiger partial charge in [0.05, 0.1) is 6.10 Å². The van der Waals surface area contributed by atoms with Crippen LogP contribution >= 0.6 is 0 Å². The summed E-state index contributed by atoms with van der Waals surface area (Å²) in [7, 11) is 0. The summed E-state index contributed by atoms with van der Waals surface area (Å²) >= 11 is 0. The maximum absolute atomic E-state index is 11.3. The third-order valence-electron chi connectivity index (χ3n) is 3.25. The Morgan fingerprint density at radius 1 is 1.40 bits per heavy atom. The van der Waals surface area contributed by atoms with Crippen molar-refractivity contribution in [2.75, 3.05) is 0 Å². The summed E-state index contributed by atoms with van der Waals surface area (Å²) < 4.78 is 10.9. The van der Waals surface area contributed by atoms with Crippen LogP contribution in [0.5, 0.6) is 0 Å². The Hall–Kier alpha value is -0.830. The summed E-state index contributed by atoms with van der Waals surface area (Å²) in [5.74, 6) is 0.264. The van der Waals surface area contributed by atoms with Gasteiger partial charge in [0.25, 0.3) is 0 Å². The van der Waals surface area contributed by atoms with E-state index >= 15 is 0 Å². The molecule has 84 valence electrons. The first-order valence-corrected chi connectivity index (χ1v) is 5.69. The molecule has 1 saturated carbocycles. The highest BCUT2D eigenvalue weighted by atomic mass is 16.7. The molecule has 3 nitrogen and oxygen atoms in total. The zero-order valence-electron chi connectivity index (χ0n) is 9.20. The molecule has 2 rings (SSSR count). The fourth-order valence-corrected chi connectivity index (χ4v) is 2.42. The molecule has 1 aliphatic heterocycles. The van der Waals surface area contributed by atoms with Crippen molar-refractivity contribution >= 4 is 5.97 Å². The summed E-state index contributed by atoms with van der Waals surface area (Å²) in [6, 6.07) is 0. The van der Waals surface area contributed by atoms with E-state index in [0.717, 1.165) is 12.8 Å². The van der Waals surface area contributed by atoms with Crippen LogP contribution in [0, 0.1) is 5.92 Å². The lowest BCUT2D eigenvalue weighted by atomic mass is 9.86. The number of carbonyl (C=O) groups is 1. The van der Waals surface area contributed by atoms with E-state index in [0.29, 0.717) is 17.6 Å². The van der Waals surface area contributed by atoms with Gasteiger partial charge in [-0.2, -0.15) is 0 Å². The van der Waals surface area contributed by atoms with Gasteiger partial charge in [-0.25, -0.2) is 4.79 Å². The molecular formula is C12H18O3. The normalized spacial score (nSPS) is 34.6. The van der Waals surface area contributed by atoms with Crippen molar-refractivity contribution in [1.82, 2.24) is 0 Å². The summed E-state index contributed by atoms with van der Waals surface area (Å²) in [5.41, 5.74) is 0.438. The second-order valence-electron chi connectivity index (χ2n) is 4.57. The lowest BCUT2D eigenvalue weighted by Gasteiger charge is -2.22. The van der Waals surface area contributed by atoms with Crippen LogP contribution < -0.4 is 0 Å². The molecule has 0 spiro atoms. The largest absolute Gasteiger partial charge is 0.432 e. The quantitative estimate of drug-likeness (QED) is 0.518. The maximum atomic E-state index is 11.3. The molecule has 0 N–H and O–H groups in total. The third-order valence-corrected chi connectivity index (χ3v) is 3.25. The smallest absolute Gasteiger partial charge is 0.335 e. The molecule has 0 aromatic rings. The number of carbonyl (C=O) groups excluding carboxylic acids is 1. The van der Waals surface area contributed by atoms with Crippen LogP contribution in [-0.2, 0) is 14.3 Å².